The molecule has 2 atom stereocenters. The minimum atomic E-state index is -0.257. The molecule has 1 N–H and O–H groups in total. The molecule has 1 aliphatic carbocycles. The topological polar surface area (TPSA) is 49.2 Å². The molecule has 1 saturated carbocycles. The van der Waals surface area contributed by atoms with Crippen molar-refractivity contribution in [3.63, 3.8) is 0 Å². The SMILES string of the molecule is CN(c1ccnc2cc(Br)cnc12)C1CCCCC1O. The molecule has 0 saturated heterocycles. The summed E-state index contributed by atoms with van der Waals surface area (Å²) in [6.45, 7) is 0. The average Bonchev–Trinajstić information content (AvgIpc) is 2.46. The number of aromatic nitrogens is 2. The second-order valence-corrected chi connectivity index (χ2v) is 6.30. The number of aliphatic hydroxyl groups is 1. The minimum Gasteiger partial charge on any atom is -0.391 e. The zero-order valence-corrected chi connectivity index (χ0v) is 13.0. The number of hydrogen-bond acceptors (Lipinski definition) is 4. The molecular weight excluding hydrogens is 318 g/mol. The molecule has 2 aromatic heterocycles. The number of anilines is 1. The van der Waals surface area contributed by atoms with E-state index in [0.29, 0.717) is 0 Å². The summed E-state index contributed by atoms with van der Waals surface area (Å²) < 4.78 is 0.926. The lowest BCUT2D eigenvalue weighted by Crippen LogP contribution is -2.43. The Bertz CT molecular complexity index is 619. The lowest BCUT2D eigenvalue weighted by Gasteiger charge is -2.36. The van der Waals surface area contributed by atoms with Crippen molar-refractivity contribution >= 4 is 32.7 Å². The van der Waals surface area contributed by atoms with Gasteiger partial charge in [0, 0.05) is 23.9 Å². The van der Waals surface area contributed by atoms with Crippen molar-refractivity contribution in [2.75, 3.05) is 11.9 Å². The normalized spacial score (nSPS) is 22.9. The predicted octanol–water partition coefficient (Wildman–Crippen LogP) is 3.13. The van der Waals surface area contributed by atoms with Crippen LogP contribution in [-0.2, 0) is 0 Å². The molecule has 20 heavy (non-hydrogen) atoms. The Morgan fingerprint density at radius 2 is 2.10 bits per heavy atom. The van der Waals surface area contributed by atoms with Gasteiger partial charge in [0.05, 0.1) is 23.3 Å². The molecule has 1 fully saturated rings. The molecule has 0 aliphatic heterocycles. The molecule has 2 aromatic rings. The average molecular weight is 336 g/mol. The van der Waals surface area contributed by atoms with Gasteiger partial charge in [-0.25, -0.2) is 0 Å². The molecule has 106 valence electrons. The fraction of sp³-hybridized carbons (Fsp3) is 0.467. The van der Waals surface area contributed by atoms with Crippen LogP contribution >= 0.6 is 15.9 Å². The van der Waals surface area contributed by atoms with Crippen molar-refractivity contribution < 1.29 is 5.11 Å². The molecule has 2 heterocycles. The third-order valence-electron chi connectivity index (χ3n) is 4.09. The monoisotopic (exact) mass is 335 g/mol. The van der Waals surface area contributed by atoms with Crippen molar-refractivity contribution in [2.45, 2.75) is 37.8 Å². The Labute approximate surface area is 127 Å². The predicted molar refractivity (Wildman–Crippen MR) is 83.9 cm³/mol. The quantitative estimate of drug-likeness (QED) is 0.915. The van der Waals surface area contributed by atoms with Gasteiger partial charge in [0.2, 0.25) is 0 Å². The number of pyridine rings is 2. The van der Waals surface area contributed by atoms with Crippen LogP contribution < -0.4 is 4.90 Å². The summed E-state index contributed by atoms with van der Waals surface area (Å²) in [5.74, 6) is 0. The van der Waals surface area contributed by atoms with Gasteiger partial charge in [-0.15, -0.1) is 0 Å². The summed E-state index contributed by atoms with van der Waals surface area (Å²) in [7, 11) is 2.04. The van der Waals surface area contributed by atoms with E-state index in [1.54, 1.807) is 12.4 Å². The van der Waals surface area contributed by atoms with Crippen LogP contribution in [0, 0.1) is 0 Å². The maximum atomic E-state index is 10.2. The number of nitrogens with zero attached hydrogens (tertiary/aromatic N) is 3. The van der Waals surface area contributed by atoms with Crippen LogP contribution in [0.15, 0.2) is 29.0 Å². The van der Waals surface area contributed by atoms with Crippen LogP contribution in [0.1, 0.15) is 25.7 Å². The van der Waals surface area contributed by atoms with E-state index in [-0.39, 0.29) is 12.1 Å². The van der Waals surface area contributed by atoms with E-state index in [1.165, 1.54) is 6.42 Å². The van der Waals surface area contributed by atoms with Crippen molar-refractivity contribution in [1.29, 1.82) is 0 Å². The first-order valence-corrected chi connectivity index (χ1v) is 7.77. The van der Waals surface area contributed by atoms with E-state index in [4.69, 9.17) is 0 Å². The molecule has 0 spiro atoms. The van der Waals surface area contributed by atoms with E-state index >= 15 is 0 Å². The van der Waals surface area contributed by atoms with Gasteiger partial charge in [-0.3, -0.25) is 9.97 Å². The van der Waals surface area contributed by atoms with Crippen LogP contribution in [0.4, 0.5) is 5.69 Å². The van der Waals surface area contributed by atoms with Crippen LogP contribution in [0.2, 0.25) is 0 Å². The third kappa shape index (κ3) is 2.52. The van der Waals surface area contributed by atoms with Crippen LogP contribution in [0.5, 0.6) is 0 Å². The molecule has 4 nitrogen and oxygen atoms in total. The number of hydrogen-bond donors (Lipinski definition) is 1. The Morgan fingerprint density at radius 3 is 2.90 bits per heavy atom. The molecular formula is C15H18BrN3O. The summed E-state index contributed by atoms with van der Waals surface area (Å²) in [6.07, 6.45) is 7.54. The molecule has 0 bridgehead atoms. The number of likely N-dealkylation sites (N-methyl/N-ethyl adjacent to an activating group) is 1. The van der Waals surface area contributed by atoms with Gasteiger partial charge in [-0.05, 0) is 40.9 Å². The molecule has 3 rings (SSSR count). The van der Waals surface area contributed by atoms with E-state index in [2.05, 4.69) is 30.8 Å². The van der Waals surface area contributed by atoms with Crippen LogP contribution in [0.3, 0.4) is 0 Å². The summed E-state index contributed by atoms with van der Waals surface area (Å²) in [5, 5.41) is 10.2. The van der Waals surface area contributed by atoms with Crippen molar-refractivity contribution in [1.82, 2.24) is 9.97 Å². The second kappa shape index (κ2) is 5.66. The maximum Gasteiger partial charge on any atom is 0.112 e. The Morgan fingerprint density at radius 1 is 1.30 bits per heavy atom. The maximum absolute atomic E-state index is 10.2. The molecule has 1 aliphatic rings. The van der Waals surface area contributed by atoms with Crippen molar-refractivity contribution in [3.05, 3.63) is 29.0 Å². The van der Waals surface area contributed by atoms with Gasteiger partial charge in [0.25, 0.3) is 0 Å². The lowest BCUT2D eigenvalue weighted by molar-refractivity contribution is 0.106. The zero-order valence-electron chi connectivity index (χ0n) is 11.5. The first-order valence-electron chi connectivity index (χ1n) is 6.98. The standard InChI is InChI=1S/C15H18BrN3O/c1-19(12-4-2-3-5-14(12)20)13-6-7-17-11-8-10(16)9-18-15(11)13/h6-9,12,14,20H,2-5H2,1H3. The Kier molecular flexibility index (Phi) is 3.89. The van der Waals surface area contributed by atoms with Crippen LogP contribution in [0.25, 0.3) is 11.0 Å². The number of rotatable bonds is 2. The number of aliphatic hydroxyl groups excluding tert-OH is 1. The Balaban J connectivity index is 2.00. The number of fused-ring (bicyclic) bond motifs is 1. The molecule has 0 radical (unpaired) electrons. The minimum absolute atomic E-state index is 0.166. The summed E-state index contributed by atoms with van der Waals surface area (Å²) >= 11 is 3.42. The van der Waals surface area contributed by atoms with E-state index < -0.39 is 0 Å². The molecule has 0 aromatic carbocycles. The van der Waals surface area contributed by atoms with Gasteiger partial charge in [0.15, 0.2) is 0 Å². The van der Waals surface area contributed by atoms with Gasteiger partial charge in [-0.2, -0.15) is 0 Å². The van der Waals surface area contributed by atoms with E-state index in [1.807, 2.05) is 19.2 Å². The van der Waals surface area contributed by atoms with Crippen molar-refractivity contribution in [3.8, 4) is 0 Å². The van der Waals surface area contributed by atoms with Gasteiger partial charge in [0.1, 0.15) is 5.52 Å². The Hall–Kier alpha value is -1.20. The largest absolute Gasteiger partial charge is 0.391 e. The van der Waals surface area contributed by atoms with Crippen LogP contribution in [-0.4, -0.2) is 34.3 Å². The highest BCUT2D eigenvalue weighted by Gasteiger charge is 2.27. The zero-order chi connectivity index (χ0) is 14.1. The fourth-order valence-corrected chi connectivity index (χ4v) is 3.32. The molecule has 2 unspecified atom stereocenters. The highest BCUT2D eigenvalue weighted by molar-refractivity contribution is 9.10. The van der Waals surface area contributed by atoms with E-state index in [0.717, 1.165) is 40.5 Å². The lowest BCUT2D eigenvalue weighted by atomic mass is 9.91. The summed E-state index contributed by atoms with van der Waals surface area (Å²) in [4.78, 5) is 11.0. The highest BCUT2D eigenvalue weighted by atomic mass is 79.9. The summed E-state index contributed by atoms with van der Waals surface area (Å²) in [5.41, 5.74) is 2.79. The highest BCUT2D eigenvalue weighted by Crippen LogP contribution is 2.30. The smallest absolute Gasteiger partial charge is 0.112 e. The first-order chi connectivity index (χ1) is 9.66. The third-order valence-corrected chi connectivity index (χ3v) is 4.53. The molecule has 0 amide bonds. The molecule has 5 heteroatoms. The van der Waals surface area contributed by atoms with Crippen molar-refractivity contribution in [2.24, 2.45) is 0 Å². The first kappa shape index (κ1) is 13.8. The van der Waals surface area contributed by atoms with E-state index in [9.17, 15) is 5.11 Å². The van der Waals surface area contributed by atoms with Gasteiger partial charge in [-0.1, -0.05) is 12.8 Å². The second-order valence-electron chi connectivity index (χ2n) is 5.38. The van der Waals surface area contributed by atoms with Gasteiger partial charge < -0.3 is 10.0 Å². The van der Waals surface area contributed by atoms with Gasteiger partial charge >= 0.3 is 0 Å². The fourth-order valence-electron chi connectivity index (χ4n) is 3.00. The number of halogens is 1. The summed E-state index contributed by atoms with van der Waals surface area (Å²) in [6, 6.07) is 4.11.